The first kappa shape index (κ1) is 20.6. The summed E-state index contributed by atoms with van der Waals surface area (Å²) in [4.78, 5) is 28.3. The van der Waals surface area contributed by atoms with E-state index in [4.69, 9.17) is 21.6 Å². The van der Waals surface area contributed by atoms with Gasteiger partial charge in [-0.15, -0.1) is 10.2 Å². The van der Waals surface area contributed by atoms with Gasteiger partial charge in [-0.2, -0.15) is 5.26 Å². The zero-order valence-corrected chi connectivity index (χ0v) is 16.5. The van der Waals surface area contributed by atoms with Crippen molar-refractivity contribution in [2.24, 2.45) is 0 Å². The number of hydrogen-bond acceptors (Lipinski definition) is 7. The number of carbonyl (C=O) groups is 2. The van der Waals surface area contributed by atoms with E-state index in [9.17, 15) is 9.59 Å². The molecule has 1 aliphatic heterocycles. The molecule has 0 saturated carbocycles. The molecule has 1 aromatic heterocycles. The van der Waals surface area contributed by atoms with Crippen LogP contribution in [0.5, 0.6) is 0 Å². The van der Waals surface area contributed by atoms with Crippen LogP contribution in [0.15, 0.2) is 36.4 Å². The first-order chi connectivity index (χ1) is 14.1. The van der Waals surface area contributed by atoms with E-state index in [1.54, 1.807) is 30.3 Å². The van der Waals surface area contributed by atoms with Crippen LogP contribution in [0.1, 0.15) is 29.8 Å². The minimum atomic E-state index is -0.731. The van der Waals surface area contributed by atoms with E-state index in [1.807, 2.05) is 6.07 Å². The second-order valence-electron chi connectivity index (χ2n) is 6.48. The summed E-state index contributed by atoms with van der Waals surface area (Å²) in [6.45, 7) is 1.54. The Balaban J connectivity index is 1.61. The molecule has 1 amide bonds. The fourth-order valence-corrected chi connectivity index (χ4v) is 3.22. The maximum atomic E-state index is 12.6. The van der Waals surface area contributed by atoms with Crippen molar-refractivity contribution >= 4 is 35.0 Å². The highest BCUT2D eigenvalue weighted by atomic mass is 35.5. The van der Waals surface area contributed by atoms with Gasteiger partial charge in [-0.3, -0.25) is 4.79 Å². The van der Waals surface area contributed by atoms with Gasteiger partial charge in [0, 0.05) is 30.3 Å². The molecule has 0 radical (unpaired) electrons. The molecule has 0 bridgehead atoms. The fraction of sp³-hybridized carbons (Fsp3) is 0.350. The van der Waals surface area contributed by atoms with Crippen LogP contribution in [0.25, 0.3) is 0 Å². The normalized spacial score (nSPS) is 13.0. The number of ether oxygens (including phenoxy) is 1. The lowest BCUT2D eigenvalue weighted by atomic mass is 10.2. The van der Waals surface area contributed by atoms with Crippen LogP contribution in [0, 0.1) is 11.3 Å². The summed E-state index contributed by atoms with van der Waals surface area (Å²) < 4.78 is 5.11. The van der Waals surface area contributed by atoms with Crippen LogP contribution in [0.4, 0.5) is 11.5 Å². The number of nitrogens with zero attached hydrogens (tertiary/aromatic N) is 5. The molecule has 1 saturated heterocycles. The van der Waals surface area contributed by atoms with E-state index in [2.05, 4.69) is 15.1 Å². The Morgan fingerprint density at radius 2 is 2.00 bits per heavy atom. The Kier molecular flexibility index (Phi) is 6.98. The Morgan fingerprint density at radius 3 is 2.66 bits per heavy atom. The molecule has 1 aliphatic rings. The van der Waals surface area contributed by atoms with E-state index >= 15 is 0 Å². The molecule has 1 fully saturated rings. The van der Waals surface area contributed by atoms with Gasteiger partial charge in [0.25, 0.3) is 5.91 Å². The van der Waals surface area contributed by atoms with Crippen LogP contribution in [-0.4, -0.2) is 48.3 Å². The molecule has 0 atom stereocenters. The molecule has 29 heavy (non-hydrogen) atoms. The van der Waals surface area contributed by atoms with Crippen molar-refractivity contribution in [3.8, 4) is 6.07 Å². The molecule has 0 aliphatic carbocycles. The molecule has 150 valence electrons. The molecule has 0 unspecified atom stereocenters. The lowest BCUT2D eigenvalue weighted by Crippen LogP contribution is -2.35. The van der Waals surface area contributed by atoms with Crippen LogP contribution in [0.2, 0.25) is 5.02 Å². The van der Waals surface area contributed by atoms with Gasteiger partial charge in [0.05, 0.1) is 12.5 Å². The van der Waals surface area contributed by atoms with Gasteiger partial charge in [-0.1, -0.05) is 17.7 Å². The van der Waals surface area contributed by atoms with Crippen molar-refractivity contribution in [1.82, 2.24) is 10.2 Å². The Morgan fingerprint density at radius 1 is 1.21 bits per heavy atom. The number of aromatic nitrogens is 2. The SMILES string of the molecule is N#CCCN(C(=O)COC(=O)c1ccc(N2CCCC2)nn1)c1cccc(Cl)c1. The number of amides is 1. The molecule has 3 rings (SSSR count). The highest BCUT2D eigenvalue weighted by Gasteiger charge is 2.20. The smallest absolute Gasteiger partial charge is 0.359 e. The molecule has 0 spiro atoms. The van der Waals surface area contributed by atoms with E-state index in [-0.39, 0.29) is 18.7 Å². The lowest BCUT2D eigenvalue weighted by Gasteiger charge is -2.21. The van der Waals surface area contributed by atoms with E-state index in [0.29, 0.717) is 10.7 Å². The van der Waals surface area contributed by atoms with E-state index in [1.165, 1.54) is 11.0 Å². The topological polar surface area (TPSA) is 99.4 Å². The zero-order valence-electron chi connectivity index (χ0n) is 15.8. The third-order valence-corrected chi connectivity index (χ3v) is 4.72. The quantitative estimate of drug-likeness (QED) is 0.643. The van der Waals surface area contributed by atoms with Gasteiger partial charge in [0.1, 0.15) is 0 Å². The molecule has 0 N–H and O–H groups in total. The predicted octanol–water partition coefficient (Wildman–Crippen LogP) is 2.83. The summed E-state index contributed by atoms with van der Waals surface area (Å²) in [6.07, 6.45) is 2.36. The van der Waals surface area contributed by atoms with Crippen LogP contribution < -0.4 is 9.80 Å². The van der Waals surface area contributed by atoms with Crippen molar-refractivity contribution < 1.29 is 14.3 Å². The van der Waals surface area contributed by atoms with Crippen molar-refractivity contribution in [3.05, 3.63) is 47.1 Å². The monoisotopic (exact) mass is 413 g/mol. The maximum absolute atomic E-state index is 12.6. The molecule has 8 nitrogen and oxygen atoms in total. The van der Waals surface area contributed by atoms with Crippen LogP contribution >= 0.6 is 11.6 Å². The molecule has 1 aromatic carbocycles. The summed E-state index contributed by atoms with van der Waals surface area (Å²) >= 11 is 5.99. The Bertz CT molecular complexity index is 907. The minimum absolute atomic E-state index is 0.0343. The summed E-state index contributed by atoms with van der Waals surface area (Å²) in [5.74, 6) is -0.471. The van der Waals surface area contributed by atoms with Crippen LogP contribution in [0.3, 0.4) is 0 Å². The van der Waals surface area contributed by atoms with Crippen molar-refractivity contribution in [3.63, 3.8) is 0 Å². The third kappa shape index (κ3) is 5.42. The van der Waals surface area contributed by atoms with Gasteiger partial charge in [0.2, 0.25) is 0 Å². The summed E-state index contributed by atoms with van der Waals surface area (Å²) in [7, 11) is 0. The molecule has 9 heteroatoms. The molecule has 2 aromatic rings. The average Bonchev–Trinajstić information content (AvgIpc) is 3.27. The lowest BCUT2D eigenvalue weighted by molar-refractivity contribution is -0.121. The number of nitriles is 1. The minimum Gasteiger partial charge on any atom is -0.451 e. The Labute approximate surface area is 173 Å². The first-order valence-corrected chi connectivity index (χ1v) is 9.65. The fourth-order valence-electron chi connectivity index (χ4n) is 3.03. The number of anilines is 2. The van der Waals surface area contributed by atoms with Crippen LogP contribution in [-0.2, 0) is 9.53 Å². The number of esters is 1. The number of halogens is 1. The highest BCUT2D eigenvalue weighted by Crippen LogP contribution is 2.20. The summed E-state index contributed by atoms with van der Waals surface area (Å²) in [6, 6.07) is 12.0. The number of hydrogen-bond donors (Lipinski definition) is 0. The summed E-state index contributed by atoms with van der Waals surface area (Å²) in [5, 5.41) is 17.3. The molecular weight excluding hydrogens is 394 g/mol. The molecule has 2 heterocycles. The Hall–Kier alpha value is -3.18. The van der Waals surface area contributed by atoms with Gasteiger partial charge in [0.15, 0.2) is 18.1 Å². The van der Waals surface area contributed by atoms with Gasteiger partial charge < -0.3 is 14.5 Å². The van der Waals surface area contributed by atoms with Gasteiger partial charge in [-0.25, -0.2) is 4.79 Å². The van der Waals surface area contributed by atoms with E-state index < -0.39 is 18.5 Å². The van der Waals surface area contributed by atoms with Crippen molar-refractivity contribution in [1.29, 1.82) is 5.26 Å². The highest BCUT2D eigenvalue weighted by molar-refractivity contribution is 6.30. The number of rotatable bonds is 7. The zero-order chi connectivity index (χ0) is 20.6. The first-order valence-electron chi connectivity index (χ1n) is 9.27. The average molecular weight is 414 g/mol. The van der Waals surface area contributed by atoms with Gasteiger partial charge in [-0.05, 0) is 43.2 Å². The van der Waals surface area contributed by atoms with E-state index in [0.717, 1.165) is 31.7 Å². The number of benzene rings is 1. The summed E-state index contributed by atoms with van der Waals surface area (Å²) in [5.41, 5.74) is 0.565. The molecular formula is C20H20ClN5O3. The second-order valence-corrected chi connectivity index (χ2v) is 6.92. The maximum Gasteiger partial charge on any atom is 0.359 e. The van der Waals surface area contributed by atoms with Crippen molar-refractivity contribution in [2.45, 2.75) is 19.3 Å². The second kappa shape index (κ2) is 9.85. The van der Waals surface area contributed by atoms with Gasteiger partial charge >= 0.3 is 5.97 Å². The van der Waals surface area contributed by atoms with Crippen molar-refractivity contribution in [2.75, 3.05) is 36.0 Å². The largest absolute Gasteiger partial charge is 0.451 e. The number of carbonyl (C=O) groups excluding carboxylic acids is 2. The predicted molar refractivity (Wildman–Crippen MR) is 108 cm³/mol. The standard InChI is InChI=1S/C20H20ClN5O3/c21-15-5-3-6-16(13-15)26(12-4-9-22)19(27)14-29-20(28)17-7-8-18(24-23-17)25-10-1-2-11-25/h3,5-8,13H,1-2,4,10-12,14H2. The third-order valence-electron chi connectivity index (χ3n) is 4.48.